The van der Waals surface area contributed by atoms with E-state index in [0.717, 1.165) is 17.0 Å². The summed E-state index contributed by atoms with van der Waals surface area (Å²) in [5.74, 6) is 0.735. The highest BCUT2D eigenvalue weighted by Gasteiger charge is 2.09. The van der Waals surface area contributed by atoms with Crippen molar-refractivity contribution in [2.45, 2.75) is 6.92 Å². The fourth-order valence-electron chi connectivity index (χ4n) is 1.80. The van der Waals surface area contributed by atoms with Crippen LogP contribution in [0.4, 0.5) is 0 Å². The minimum atomic E-state index is -0.358. The number of nitriles is 1. The highest BCUT2D eigenvalue weighted by Crippen LogP contribution is 2.24. The molecule has 0 aliphatic rings. The number of ether oxygens (including phenoxy) is 1. The summed E-state index contributed by atoms with van der Waals surface area (Å²) in [6.45, 7) is 1.79. The molecule has 0 aliphatic heterocycles. The number of hydrogen-bond acceptors (Lipinski definition) is 3. The fourth-order valence-corrected chi connectivity index (χ4v) is 1.80. The van der Waals surface area contributed by atoms with Crippen LogP contribution in [0.25, 0.3) is 11.1 Å². The van der Waals surface area contributed by atoms with Gasteiger partial charge in [0.05, 0.1) is 7.11 Å². The summed E-state index contributed by atoms with van der Waals surface area (Å²) in [6, 6.07) is 11.0. The van der Waals surface area contributed by atoms with Crippen molar-refractivity contribution >= 4 is 0 Å². The summed E-state index contributed by atoms with van der Waals surface area (Å²) in [6.07, 6.45) is 0. The van der Waals surface area contributed by atoms with E-state index in [1.807, 2.05) is 18.2 Å². The molecule has 0 spiro atoms. The third-order valence-corrected chi connectivity index (χ3v) is 2.68. The van der Waals surface area contributed by atoms with Crippen LogP contribution < -0.4 is 10.3 Å². The molecule has 0 amide bonds. The number of aryl methyl sites for hydroxylation is 1. The number of nitrogens with zero attached hydrogens (tertiary/aromatic N) is 1. The second kappa shape index (κ2) is 4.76. The van der Waals surface area contributed by atoms with Crippen LogP contribution in [-0.2, 0) is 0 Å². The maximum absolute atomic E-state index is 11.7. The molecule has 0 atom stereocenters. The number of H-pyrrole nitrogens is 1. The Morgan fingerprint density at radius 1 is 1.28 bits per heavy atom. The average molecular weight is 240 g/mol. The predicted molar refractivity (Wildman–Crippen MR) is 68.5 cm³/mol. The second-order valence-electron chi connectivity index (χ2n) is 3.91. The van der Waals surface area contributed by atoms with E-state index in [9.17, 15) is 4.79 Å². The van der Waals surface area contributed by atoms with Gasteiger partial charge in [-0.3, -0.25) is 4.79 Å². The Bertz CT molecular complexity index is 664. The summed E-state index contributed by atoms with van der Waals surface area (Å²) in [7, 11) is 1.59. The smallest absolute Gasteiger partial charge is 0.266 e. The minimum absolute atomic E-state index is 0.130. The number of aromatic nitrogens is 1. The monoisotopic (exact) mass is 240 g/mol. The van der Waals surface area contributed by atoms with E-state index in [0.29, 0.717) is 5.56 Å². The van der Waals surface area contributed by atoms with Crippen LogP contribution in [-0.4, -0.2) is 12.1 Å². The number of pyridine rings is 1. The lowest BCUT2D eigenvalue weighted by Crippen LogP contribution is -2.12. The van der Waals surface area contributed by atoms with Crippen molar-refractivity contribution in [3.63, 3.8) is 0 Å². The third kappa shape index (κ3) is 2.11. The lowest BCUT2D eigenvalue weighted by Gasteiger charge is -2.06. The molecule has 0 fully saturated rings. The van der Waals surface area contributed by atoms with E-state index in [2.05, 4.69) is 4.98 Å². The summed E-state index contributed by atoms with van der Waals surface area (Å²) in [5, 5.41) is 9.06. The van der Waals surface area contributed by atoms with Crippen LogP contribution in [0.2, 0.25) is 0 Å². The molecule has 4 heteroatoms. The van der Waals surface area contributed by atoms with Gasteiger partial charge in [-0.2, -0.15) is 5.26 Å². The first-order chi connectivity index (χ1) is 8.65. The summed E-state index contributed by atoms with van der Waals surface area (Å²) in [4.78, 5) is 14.3. The summed E-state index contributed by atoms with van der Waals surface area (Å²) < 4.78 is 5.08. The number of nitrogens with one attached hydrogen (secondary N) is 1. The van der Waals surface area contributed by atoms with E-state index in [1.165, 1.54) is 0 Å². The van der Waals surface area contributed by atoms with Crippen molar-refractivity contribution < 1.29 is 4.74 Å². The number of rotatable bonds is 2. The molecule has 1 aromatic carbocycles. The predicted octanol–water partition coefficient (Wildman–Crippen LogP) is 2.23. The molecule has 0 saturated carbocycles. The summed E-state index contributed by atoms with van der Waals surface area (Å²) >= 11 is 0. The fraction of sp³-hybridized carbons (Fsp3) is 0.143. The van der Waals surface area contributed by atoms with E-state index >= 15 is 0 Å². The number of benzene rings is 1. The van der Waals surface area contributed by atoms with Crippen LogP contribution in [0.3, 0.4) is 0 Å². The lowest BCUT2D eigenvalue weighted by molar-refractivity contribution is 0.415. The van der Waals surface area contributed by atoms with Crippen molar-refractivity contribution in [2.75, 3.05) is 7.11 Å². The average Bonchev–Trinajstić information content (AvgIpc) is 2.38. The molecular weight excluding hydrogens is 228 g/mol. The minimum Gasteiger partial charge on any atom is -0.497 e. The van der Waals surface area contributed by atoms with Gasteiger partial charge in [0, 0.05) is 11.3 Å². The maximum atomic E-state index is 11.7. The molecule has 0 aliphatic carbocycles. The Balaban J connectivity index is 2.63. The van der Waals surface area contributed by atoms with Gasteiger partial charge < -0.3 is 9.72 Å². The first-order valence-corrected chi connectivity index (χ1v) is 5.44. The van der Waals surface area contributed by atoms with Gasteiger partial charge in [0.2, 0.25) is 0 Å². The van der Waals surface area contributed by atoms with Crippen LogP contribution in [0, 0.1) is 18.3 Å². The maximum Gasteiger partial charge on any atom is 0.266 e. The van der Waals surface area contributed by atoms with Gasteiger partial charge in [0.25, 0.3) is 5.56 Å². The van der Waals surface area contributed by atoms with Crippen LogP contribution in [0.15, 0.2) is 35.1 Å². The molecule has 1 aromatic heterocycles. The Hall–Kier alpha value is -2.54. The van der Waals surface area contributed by atoms with Gasteiger partial charge in [0.1, 0.15) is 17.4 Å². The highest BCUT2D eigenvalue weighted by atomic mass is 16.5. The van der Waals surface area contributed by atoms with E-state index in [1.54, 1.807) is 32.2 Å². The second-order valence-corrected chi connectivity index (χ2v) is 3.91. The third-order valence-electron chi connectivity index (χ3n) is 2.68. The standard InChI is InChI=1S/C14H12N2O2/c1-9-7-12(13(8-15)14(17)16-9)10-3-5-11(18-2)6-4-10/h3-7H,1-2H3,(H,16,17). The van der Waals surface area contributed by atoms with Crippen molar-refractivity contribution in [2.24, 2.45) is 0 Å². The molecule has 0 saturated heterocycles. The van der Waals surface area contributed by atoms with Gasteiger partial charge in [-0.15, -0.1) is 0 Å². The Kier molecular flexibility index (Phi) is 3.16. The van der Waals surface area contributed by atoms with Crippen molar-refractivity contribution in [1.82, 2.24) is 4.98 Å². The van der Waals surface area contributed by atoms with Gasteiger partial charge in [-0.05, 0) is 30.7 Å². The molecule has 0 unspecified atom stereocenters. The van der Waals surface area contributed by atoms with Gasteiger partial charge in [-0.1, -0.05) is 12.1 Å². The molecule has 0 bridgehead atoms. The Labute approximate surface area is 104 Å². The first-order valence-electron chi connectivity index (χ1n) is 5.44. The van der Waals surface area contributed by atoms with Crippen LogP contribution in [0.1, 0.15) is 11.3 Å². The number of hydrogen-bond donors (Lipinski definition) is 1. The number of methoxy groups -OCH3 is 1. The van der Waals surface area contributed by atoms with Crippen molar-refractivity contribution in [3.05, 3.63) is 51.9 Å². The molecule has 2 aromatic rings. The topological polar surface area (TPSA) is 65.9 Å². The molecule has 0 radical (unpaired) electrons. The molecule has 4 nitrogen and oxygen atoms in total. The SMILES string of the molecule is COc1ccc(-c2cc(C)[nH]c(=O)c2C#N)cc1. The Morgan fingerprint density at radius 2 is 1.94 bits per heavy atom. The zero-order valence-corrected chi connectivity index (χ0v) is 10.2. The highest BCUT2D eigenvalue weighted by molar-refractivity contribution is 5.70. The lowest BCUT2D eigenvalue weighted by atomic mass is 10.0. The summed E-state index contributed by atoms with van der Waals surface area (Å²) in [5.41, 5.74) is 1.96. The van der Waals surface area contributed by atoms with Crippen LogP contribution in [0.5, 0.6) is 5.75 Å². The van der Waals surface area contributed by atoms with Crippen molar-refractivity contribution in [3.8, 4) is 22.9 Å². The van der Waals surface area contributed by atoms with E-state index in [-0.39, 0.29) is 11.1 Å². The molecule has 18 heavy (non-hydrogen) atoms. The molecule has 1 N–H and O–H groups in total. The molecular formula is C14H12N2O2. The van der Waals surface area contributed by atoms with Gasteiger partial charge >= 0.3 is 0 Å². The van der Waals surface area contributed by atoms with Gasteiger partial charge in [0.15, 0.2) is 0 Å². The first kappa shape index (κ1) is 11.9. The van der Waals surface area contributed by atoms with E-state index in [4.69, 9.17) is 10.00 Å². The van der Waals surface area contributed by atoms with Gasteiger partial charge in [-0.25, -0.2) is 0 Å². The molecule has 1 heterocycles. The largest absolute Gasteiger partial charge is 0.497 e. The van der Waals surface area contributed by atoms with E-state index < -0.39 is 0 Å². The zero-order chi connectivity index (χ0) is 13.1. The Morgan fingerprint density at radius 3 is 2.50 bits per heavy atom. The quantitative estimate of drug-likeness (QED) is 0.875. The molecule has 2 rings (SSSR count). The van der Waals surface area contributed by atoms with Crippen molar-refractivity contribution in [1.29, 1.82) is 5.26 Å². The van der Waals surface area contributed by atoms with Crippen LogP contribution >= 0.6 is 0 Å². The number of aromatic amines is 1. The normalized spacial score (nSPS) is 9.83. The zero-order valence-electron chi connectivity index (χ0n) is 10.2. The molecule has 90 valence electrons.